The van der Waals surface area contributed by atoms with Crippen LogP contribution >= 0.6 is 0 Å². The molecule has 4 fully saturated rings. The third-order valence-corrected chi connectivity index (χ3v) is 10.4. The van der Waals surface area contributed by atoms with E-state index >= 15 is 0 Å². The monoisotopic (exact) mass is 420 g/mol. The number of fused-ring (bicyclic) bond motifs is 5. The molecule has 0 radical (unpaired) electrons. The molecular formula is C28H52O2. The number of hydrogen-bond donors (Lipinski definition) is 2. The quantitative estimate of drug-likeness (QED) is 0.456. The first kappa shape index (κ1) is 24.6. The third kappa shape index (κ3) is 4.66. The van der Waals surface area contributed by atoms with Gasteiger partial charge in [0, 0.05) is 0 Å². The van der Waals surface area contributed by atoms with E-state index in [0.29, 0.717) is 10.8 Å². The molecule has 0 aliphatic heterocycles. The Labute approximate surface area is 187 Å². The summed E-state index contributed by atoms with van der Waals surface area (Å²) in [5, 5.41) is 20.2. The van der Waals surface area contributed by atoms with E-state index in [9.17, 15) is 10.2 Å². The molecule has 30 heavy (non-hydrogen) atoms. The van der Waals surface area contributed by atoms with Crippen LogP contribution in [0.3, 0.4) is 0 Å². The summed E-state index contributed by atoms with van der Waals surface area (Å²) in [4.78, 5) is 0. The van der Waals surface area contributed by atoms with E-state index in [-0.39, 0.29) is 6.10 Å². The highest BCUT2D eigenvalue weighted by Gasteiger charge is 2.59. The topological polar surface area (TPSA) is 40.5 Å². The van der Waals surface area contributed by atoms with Crippen molar-refractivity contribution in [2.45, 2.75) is 137 Å². The second kappa shape index (κ2) is 9.42. The smallest absolute Gasteiger partial charge is 0.0591 e. The molecule has 7 unspecified atom stereocenters. The van der Waals surface area contributed by atoms with Crippen LogP contribution in [0.15, 0.2) is 0 Å². The first-order valence-electron chi connectivity index (χ1n) is 13.5. The summed E-state index contributed by atoms with van der Waals surface area (Å²) < 4.78 is 0. The van der Waals surface area contributed by atoms with Gasteiger partial charge in [-0.25, -0.2) is 0 Å². The maximum absolute atomic E-state index is 10.2. The third-order valence-electron chi connectivity index (χ3n) is 10.4. The molecule has 0 heterocycles. The van der Waals surface area contributed by atoms with E-state index < -0.39 is 5.60 Å². The zero-order valence-corrected chi connectivity index (χ0v) is 21.1. The Morgan fingerprint density at radius 3 is 2.20 bits per heavy atom. The van der Waals surface area contributed by atoms with Crippen molar-refractivity contribution in [1.82, 2.24) is 0 Å². The summed E-state index contributed by atoms with van der Waals surface area (Å²) in [6.45, 7) is 13.2. The summed E-state index contributed by atoms with van der Waals surface area (Å²) in [6.07, 6.45) is 16.8. The van der Waals surface area contributed by atoms with Crippen LogP contribution in [0, 0.1) is 40.4 Å². The molecule has 8 atom stereocenters. The van der Waals surface area contributed by atoms with E-state index in [1.54, 1.807) is 0 Å². The van der Waals surface area contributed by atoms with Crippen molar-refractivity contribution in [2.75, 3.05) is 0 Å². The predicted molar refractivity (Wildman–Crippen MR) is 127 cm³/mol. The second-order valence-corrected chi connectivity index (χ2v) is 12.5. The van der Waals surface area contributed by atoms with E-state index in [1.807, 2.05) is 27.7 Å². The highest BCUT2D eigenvalue weighted by atomic mass is 16.3. The lowest BCUT2D eigenvalue weighted by molar-refractivity contribution is -0.127. The number of unbranched alkanes of at least 4 members (excludes halogenated alkanes) is 1. The number of hydrogen-bond acceptors (Lipinski definition) is 2. The van der Waals surface area contributed by atoms with Crippen LogP contribution < -0.4 is 0 Å². The van der Waals surface area contributed by atoms with Crippen LogP contribution in [-0.4, -0.2) is 21.9 Å². The summed E-state index contributed by atoms with van der Waals surface area (Å²) in [5.74, 6) is 4.53. The Kier molecular flexibility index (Phi) is 7.71. The summed E-state index contributed by atoms with van der Waals surface area (Å²) in [7, 11) is 0. The van der Waals surface area contributed by atoms with E-state index in [1.165, 1.54) is 64.2 Å². The van der Waals surface area contributed by atoms with Gasteiger partial charge in [-0.3, -0.25) is 0 Å². The first-order chi connectivity index (χ1) is 14.1. The average Bonchev–Trinajstić information content (AvgIpc) is 3.03. The van der Waals surface area contributed by atoms with Crippen molar-refractivity contribution in [3.8, 4) is 0 Å². The minimum absolute atomic E-state index is 0.0248. The SMILES string of the molecule is CC.CC(C)(O)CCCCC1CCC2C3CC[C@H]4CC(O)CCC4(C)C3CCC12C. The average molecular weight is 421 g/mol. The van der Waals surface area contributed by atoms with E-state index in [4.69, 9.17) is 0 Å². The van der Waals surface area contributed by atoms with Gasteiger partial charge in [0.15, 0.2) is 0 Å². The van der Waals surface area contributed by atoms with Crippen molar-refractivity contribution in [3.05, 3.63) is 0 Å². The molecule has 176 valence electrons. The maximum atomic E-state index is 10.2. The van der Waals surface area contributed by atoms with Gasteiger partial charge < -0.3 is 10.2 Å². The zero-order chi connectivity index (χ0) is 22.2. The molecule has 0 amide bonds. The van der Waals surface area contributed by atoms with Crippen LogP contribution in [0.4, 0.5) is 0 Å². The van der Waals surface area contributed by atoms with Gasteiger partial charge >= 0.3 is 0 Å². The molecule has 2 heteroatoms. The van der Waals surface area contributed by atoms with Gasteiger partial charge in [0.25, 0.3) is 0 Å². The number of aliphatic hydroxyl groups excluding tert-OH is 1. The normalized spacial score (nSPS) is 45.6. The minimum Gasteiger partial charge on any atom is -0.393 e. The van der Waals surface area contributed by atoms with E-state index in [2.05, 4.69) is 13.8 Å². The molecular weight excluding hydrogens is 368 g/mol. The fraction of sp³-hybridized carbons (Fsp3) is 1.00. The van der Waals surface area contributed by atoms with Crippen molar-refractivity contribution < 1.29 is 10.2 Å². The molecule has 4 aliphatic rings. The highest BCUT2D eigenvalue weighted by Crippen LogP contribution is 2.67. The molecule has 0 aromatic rings. The second-order valence-electron chi connectivity index (χ2n) is 12.5. The Balaban J connectivity index is 0.00000124. The van der Waals surface area contributed by atoms with Gasteiger partial charge in [-0.15, -0.1) is 0 Å². The van der Waals surface area contributed by atoms with Crippen LogP contribution in [0.5, 0.6) is 0 Å². The van der Waals surface area contributed by atoms with Crippen LogP contribution in [0.25, 0.3) is 0 Å². The van der Waals surface area contributed by atoms with Crippen molar-refractivity contribution >= 4 is 0 Å². The van der Waals surface area contributed by atoms with Crippen molar-refractivity contribution in [3.63, 3.8) is 0 Å². The van der Waals surface area contributed by atoms with Crippen molar-refractivity contribution in [1.29, 1.82) is 0 Å². The van der Waals surface area contributed by atoms with Gasteiger partial charge in [0.2, 0.25) is 0 Å². The van der Waals surface area contributed by atoms with Gasteiger partial charge in [0.1, 0.15) is 0 Å². The number of rotatable bonds is 5. The van der Waals surface area contributed by atoms with Gasteiger partial charge in [-0.1, -0.05) is 40.5 Å². The number of aliphatic hydroxyl groups is 2. The molecule has 2 nitrogen and oxygen atoms in total. The fourth-order valence-electron chi connectivity index (χ4n) is 8.77. The minimum atomic E-state index is -0.498. The lowest BCUT2D eigenvalue weighted by atomic mass is 9.44. The first-order valence-corrected chi connectivity index (χ1v) is 13.5. The molecule has 4 rings (SSSR count). The van der Waals surface area contributed by atoms with Crippen LogP contribution in [0.2, 0.25) is 0 Å². The molecule has 0 spiro atoms. The Morgan fingerprint density at radius 2 is 1.50 bits per heavy atom. The lowest BCUT2D eigenvalue weighted by Crippen LogP contribution is -2.53. The lowest BCUT2D eigenvalue weighted by Gasteiger charge is -2.61. The maximum Gasteiger partial charge on any atom is 0.0591 e. The Hall–Kier alpha value is -0.0800. The van der Waals surface area contributed by atoms with E-state index in [0.717, 1.165) is 48.9 Å². The Bertz CT molecular complexity index is 551. The zero-order valence-electron chi connectivity index (χ0n) is 21.1. The highest BCUT2D eigenvalue weighted by molar-refractivity contribution is 5.09. The standard InChI is InChI=1S/C26H46O2.C2H6/c1-24(2,28)14-6-5-7-18-9-11-22-21-10-8-19-17-20(27)12-15-26(19,4)23(21)13-16-25(18,22)3;1-2/h18-23,27-28H,5-17H2,1-4H3;1-2H3/t18?,19-,20?,21?,22?,23?,25?,26?;/m0./s1. The predicted octanol–water partition coefficient (Wildman–Crippen LogP) is 7.36. The molecule has 4 saturated carbocycles. The van der Waals surface area contributed by atoms with Gasteiger partial charge in [-0.05, 0) is 125 Å². The van der Waals surface area contributed by atoms with Gasteiger partial charge in [0.05, 0.1) is 11.7 Å². The molecule has 0 saturated heterocycles. The summed E-state index contributed by atoms with van der Waals surface area (Å²) >= 11 is 0. The van der Waals surface area contributed by atoms with Crippen molar-refractivity contribution in [2.24, 2.45) is 40.4 Å². The summed E-state index contributed by atoms with van der Waals surface area (Å²) in [5.41, 5.74) is 0.587. The molecule has 0 bridgehead atoms. The molecule has 4 aliphatic carbocycles. The largest absolute Gasteiger partial charge is 0.393 e. The molecule has 0 aromatic heterocycles. The van der Waals surface area contributed by atoms with Crippen LogP contribution in [0.1, 0.15) is 125 Å². The summed E-state index contributed by atoms with van der Waals surface area (Å²) in [6, 6.07) is 0. The van der Waals surface area contributed by atoms with Gasteiger partial charge in [-0.2, -0.15) is 0 Å². The Morgan fingerprint density at radius 1 is 0.833 bits per heavy atom. The molecule has 0 aromatic carbocycles. The fourth-order valence-corrected chi connectivity index (χ4v) is 8.77. The molecule has 2 N–H and O–H groups in total. The van der Waals surface area contributed by atoms with Crippen LogP contribution in [-0.2, 0) is 0 Å².